The van der Waals surface area contributed by atoms with Crippen LogP contribution in [0.4, 0.5) is 18.9 Å². The normalized spacial score (nSPS) is 19.9. The maximum atomic E-state index is 13.9. The Bertz CT molecular complexity index is 1750. The molecule has 3 heterocycles. The molecule has 0 spiro atoms. The highest BCUT2D eigenvalue weighted by atomic mass is 32.2. The van der Waals surface area contributed by atoms with Crippen molar-refractivity contribution in [2.75, 3.05) is 12.0 Å². The Morgan fingerprint density at radius 1 is 0.952 bits per heavy atom. The number of aromatic nitrogens is 1. The zero-order chi connectivity index (χ0) is 29.8. The van der Waals surface area contributed by atoms with Crippen LogP contribution in [0.2, 0.25) is 0 Å². The molecule has 3 atom stereocenters. The molecule has 0 bridgehead atoms. The smallest absolute Gasteiger partial charge is 0.418 e. The van der Waals surface area contributed by atoms with Gasteiger partial charge < -0.3 is 14.5 Å². The van der Waals surface area contributed by atoms with Crippen molar-refractivity contribution in [1.29, 1.82) is 0 Å². The van der Waals surface area contributed by atoms with E-state index in [9.17, 15) is 27.6 Å². The van der Waals surface area contributed by atoms with Gasteiger partial charge in [-0.15, -0.1) is 0 Å². The number of H-pyrrole nitrogens is 1. The van der Waals surface area contributed by atoms with Crippen LogP contribution in [0.5, 0.6) is 11.5 Å². The van der Waals surface area contributed by atoms with E-state index in [1.54, 1.807) is 18.2 Å². The van der Waals surface area contributed by atoms with Crippen molar-refractivity contribution < 1.29 is 32.2 Å². The number of fused-ring (bicyclic) bond motifs is 2. The first-order valence-corrected chi connectivity index (χ1v) is 14.6. The molecule has 4 aromatic rings. The first-order chi connectivity index (χ1) is 20.1. The molecule has 2 aliphatic heterocycles. The first kappa shape index (κ1) is 28.1. The molecule has 2 aliphatic rings. The lowest BCUT2D eigenvalue weighted by atomic mass is 9.83. The molecule has 7 nitrogen and oxygen atoms in total. The van der Waals surface area contributed by atoms with Gasteiger partial charge in [0.1, 0.15) is 11.9 Å². The molecular formula is C30H23F3N2O5S2. The van der Waals surface area contributed by atoms with Gasteiger partial charge in [-0.1, -0.05) is 71.1 Å². The van der Waals surface area contributed by atoms with Gasteiger partial charge in [0.2, 0.25) is 11.8 Å². The molecule has 1 aromatic heterocycles. The maximum Gasteiger partial charge on any atom is 0.418 e. The number of rotatable bonds is 6. The number of para-hydroxylation sites is 1. The van der Waals surface area contributed by atoms with Gasteiger partial charge in [-0.3, -0.25) is 14.4 Å². The largest absolute Gasteiger partial charge is 0.493 e. The number of carbonyl (C=O) groups excluding carboxylic acids is 2. The minimum Gasteiger partial charge on any atom is -0.493 e. The van der Waals surface area contributed by atoms with E-state index in [-0.39, 0.29) is 11.5 Å². The second-order valence-corrected chi connectivity index (χ2v) is 12.1. The number of hydrogen-bond acceptors (Lipinski definition) is 7. The van der Waals surface area contributed by atoms with Crippen molar-refractivity contribution >= 4 is 40.6 Å². The van der Waals surface area contributed by atoms with E-state index in [1.165, 1.54) is 19.2 Å². The predicted octanol–water partition coefficient (Wildman–Crippen LogP) is 6.15. The summed E-state index contributed by atoms with van der Waals surface area (Å²) in [6.45, 7) is 2.27. The van der Waals surface area contributed by atoms with E-state index in [2.05, 4.69) is 4.98 Å². The molecule has 3 aromatic carbocycles. The van der Waals surface area contributed by atoms with Crippen molar-refractivity contribution in [2.45, 2.75) is 35.9 Å². The fourth-order valence-electron chi connectivity index (χ4n) is 5.36. The van der Waals surface area contributed by atoms with Crippen LogP contribution in [0.15, 0.2) is 76.6 Å². The topological polar surface area (TPSA) is 88.7 Å². The number of nitrogens with zero attached hydrogens (tertiary/aromatic N) is 1. The summed E-state index contributed by atoms with van der Waals surface area (Å²) in [7, 11) is 1.47. The van der Waals surface area contributed by atoms with E-state index in [1.807, 2.05) is 31.2 Å². The third-order valence-corrected chi connectivity index (χ3v) is 9.74. The number of methoxy groups -OCH3 is 1. The highest BCUT2D eigenvalue weighted by molar-refractivity contribution is 8.00. The van der Waals surface area contributed by atoms with Crippen LogP contribution >= 0.6 is 23.1 Å². The Kier molecular flexibility index (Phi) is 7.14. The Morgan fingerprint density at radius 2 is 1.69 bits per heavy atom. The van der Waals surface area contributed by atoms with Gasteiger partial charge in [0.05, 0.1) is 29.3 Å². The second kappa shape index (κ2) is 10.7. The van der Waals surface area contributed by atoms with Gasteiger partial charge in [0.15, 0.2) is 11.5 Å². The molecule has 1 saturated heterocycles. The first-order valence-electron chi connectivity index (χ1n) is 12.9. The van der Waals surface area contributed by atoms with E-state index in [0.717, 1.165) is 46.4 Å². The molecule has 12 heteroatoms. The number of benzene rings is 3. The van der Waals surface area contributed by atoms with Gasteiger partial charge in [0, 0.05) is 10.8 Å². The number of alkyl halides is 3. The number of nitrogens with one attached hydrogen (secondary N) is 1. The van der Waals surface area contributed by atoms with Gasteiger partial charge in [0.25, 0.3) is 0 Å². The average Bonchev–Trinajstić information content (AvgIpc) is 3.46. The molecule has 0 aliphatic carbocycles. The third kappa shape index (κ3) is 4.88. The molecular weight excluding hydrogens is 589 g/mol. The summed E-state index contributed by atoms with van der Waals surface area (Å²) >= 11 is 1.91. The number of hydrogen-bond donors (Lipinski definition) is 1. The van der Waals surface area contributed by atoms with Crippen molar-refractivity contribution in [3.8, 4) is 11.5 Å². The molecule has 0 saturated carbocycles. The fourth-order valence-corrected chi connectivity index (χ4v) is 7.88. The molecule has 216 valence electrons. The number of aryl methyl sites for hydroxylation is 1. The summed E-state index contributed by atoms with van der Waals surface area (Å²) in [6, 6.07) is 17.5. The Hall–Kier alpha value is -4.03. The van der Waals surface area contributed by atoms with Gasteiger partial charge in [-0.2, -0.15) is 13.2 Å². The number of imide groups is 1. The Balaban J connectivity index is 1.39. The molecule has 1 N–H and O–H groups in total. The van der Waals surface area contributed by atoms with Crippen LogP contribution in [-0.4, -0.2) is 29.2 Å². The number of ether oxygens (including phenoxy) is 2. The number of carbonyl (C=O) groups is 2. The lowest BCUT2D eigenvalue weighted by Crippen LogP contribution is -2.33. The lowest BCUT2D eigenvalue weighted by Gasteiger charge is -2.30. The fraction of sp³-hybridized carbons (Fsp3) is 0.233. The van der Waals surface area contributed by atoms with Crippen molar-refractivity contribution in [3.63, 3.8) is 0 Å². The summed E-state index contributed by atoms with van der Waals surface area (Å²) < 4.78 is 53.2. The summed E-state index contributed by atoms with van der Waals surface area (Å²) in [5, 5.41) is -0.619. The molecule has 42 heavy (non-hydrogen) atoms. The van der Waals surface area contributed by atoms with Crippen molar-refractivity contribution in [1.82, 2.24) is 4.98 Å². The third-order valence-electron chi connectivity index (χ3n) is 7.34. The molecule has 0 unspecified atom stereocenters. The molecule has 6 rings (SSSR count). The van der Waals surface area contributed by atoms with Gasteiger partial charge in [-0.05, 0) is 42.3 Å². The minimum atomic E-state index is -4.77. The van der Waals surface area contributed by atoms with Crippen LogP contribution in [0.25, 0.3) is 0 Å². The summed E-state index contributed by atoms with van der Waals surface area (Å²) in [5.41, 5.74) is 1.05. The average molecular weight is 613 g/mol. The van der Waals surface area contributed by atoms with Crippen LogP contribution < -0.4 is 19.2 Å². The number of thioether (sulfide) groups is 1. The lowest BCUT2D eigenvalue weighted by molar-refractivity contribution is -0.137. The van der Waals surface area contributed by atoms with E-state index in [0.29, 0.717) is 31.9 Å². The van der Waals surface area contributed by atoms with Gasteiger partial charge in [-0.25, -0.2) is 4.90 Å². The summed E-state index contributed by atoms with van der Waals surface area (Å²) in [5.74, 6) is -2.54. The quantitative estimate of drug-likeness (QED) is 0.263. The zero-order valence-electron chi connectivity index (χ0n) is 22.2. The van der Waals surface area contributed by atoms with Crippen molar-refractivity contribution in [2.24, 2.45) is 5.92 Å². The summed E-state index contributed by atoms with van der Waals surface area (Å²) in [6.07, 6.45) is -4.77. The SMILES string of the molecule is COc1cc([C@@H]2c3sc(=O)[nH]c3S[C@H]3C(=O)N(c4ccccc4C(F)(F)F)C(=O)[C@@H]23)ccc1OCc1ccc(C)cc1. The zero-order valence-corrected chi connectivity index (χ0v) is 23.9. The van der Waals surface area contributed by atoms with E-state index < -0.39 is 46.3 Å². The van der Waals surface area contributed by atoms with Crippen molar-refractivity contribution in [3.05, 3.63) is 104 Å². The van der Waals surface area contributed by atoms with Crippen LogP contribution in [0.3, 0.4) is 0 Å². The highest BCUT2D eigenvalue weighted by Crippen LogP contribution is 2.54. The Labute approximate surface area is 246 Å². The van der Waals surface area contributed by atoms with E-state index >= 15 is 0 Å². The van der Waals surface area contributed by atoms with E-state index in [4.69, 9.17) is 9.47 Å². The second-order valence-electron chi connectivity index (χ2n) is 9.96. The highest BCUT2D eigenvalue weighted by Gasteiger charge is 2.57. The predicted molar refractivity (Wildman–Crippen MR) is 152 cm³/mol. The maximum absolute atomic E-state index is 13.9. The molecule has 1 fully saturated rings. The number of amides is 2. The monoisotopic (exact) mass is 612 g/mol. The van der Waals surface area contributed by atoms with Crippen LogP contribution in [0, 0.1) is 12.8 Å². The molecule has 2 amide bonds. The minimum absolute atomic E-state index is 0.283. The standard InChI is InChI=1S/C30H23F3N2O5S2/c1-15-7-9-16(10-8-15)14-40-20-12-11-17(13-21(20)39-2)22-23-25(41-26-24(22)42-29(38)34-26)28(37)35(27(23)36)19-6-4-3-5-18(19)30(31,32)33/h3-13,22-23,25H,14H2,1-2H3,(H,34,38)/t22-,23-,25+/m0/s1. The number of halogens is 3. The van der Waals surface area contributed by atoms with Crippen LogP contribution in [-0.2, 0) is 22.4 Å². The number of thiazole rings is 1. The summed E-state index contributed by atoms with van der Waals surface area (Å²) in [4.78, 5) is 43.5. The number of aromatic amines is 1. The van der Waals surface area contributed by atoms with Gasteiger partial charge >= 0.3 is 11.0 Å². The number of anilines is 1. The Morgan fingerprint density at radius 3 is 2.40 bits per heavy atom. The van der Waals surface area contributed by atoms with Crippen LogP contribution in [0.1, 0.15) is 33.0 Å². The molecule has 0 radical (unpaired) electrons.